The molecule has 0 bridgehead atoms. The van der Waals surface area contributed by atoms with Crippen molar-refractivity contribution in [3.8, 4) is 0 Å². The molecule has 0 radical (unpaired) electrons. The summed E-state index contributed by atoms with van der Waals surface area (Å²) >= 11 is 0. The van der Waals surface area contributed by atoms with Crippen LogP contribution in [0.1, 0.15) is 12.0 Å². The zero-order valence-corrected chi connectivity index (χ0v) is 12.2. The SMILES string of the molecule is CNCc1ccc(F)c(S(=O)(=O)NCC2CCOC2)c1. The summed E-state index contributed by atoms with van der Waals surface area (Å²) in [6, 6.07) is 4.11. The van der Waals surface area contributed by atoms with Crippen LogP contribution >= 0.6 is 0 Å². The average Bonchev–Trinajstić information content (AvgIpc) is 2.92. The summed E-state index contributed by atoms with van der Waals surface area (Å²) in [4.78, 5) is -0.302. The van der Waals surface area contributed by atoms with Crippen molar-refractivity contribution >= 4 is 10.0 Å². The van der Waals surface area contributed by atoms with Crippen molar-refractivity contribution in [3.05, 3.63) is 29.6 Å². The second-order valence-electron chi connectivity index (χ2n) is 4.88. The number of halogens is 1. The minimum Gasteiger partial charge on any atom is -0.381 e. The van der Waals surface area contributed by atoms with Crippen molar-refractivity contribution in [2.24, 2.45) is 5.92 Å². The molecule has 1 aliphatic heterocycles. The first-order chi connectivity index (χ1) is 9.53. The Bertz CT molecular complexity index is 557. The lowest BCUT2D eigenvalue weighted by molar-refractivity contribution is 0.186. The first kappa shape index (κ1) is 15.4. The van der Waals surface area contributed by atoms with E-state index >= 15 is 0 Å². The minimum atomic E-state index is -3.83. The maximum absolute atomic E-state index is 13.7. The molecule has 1 saturated heterocycles. The highest BCUT2D eigenvalue weighted by Gasteiger charge is 2.23. The first-order valence-corrected chi connectivity index (χ1v) is 8.01. The van der Waals surface area contributed by atoms with Crippen molar-refractivity contribution < 1.29 is 17.5 Å². The fourth-order valence-electron chi connectivity index (χ4n) is 2.12. The molecule has 0 saturated carbocycles. The molecule has 1 aromatic rings. The Morgan fingerprint density at radius 2 is 2.25 bits per heavy atom. The third-order valence-electron chi connectivity index (χ3n) is 3.25. The zero-order valence-electron chi connectivity index (χ0n) is 11.4. The quantitative estimate of drug-likeness (QED) is 0.818. The van der Waals surface area contributed by atoms with Gasteiger partial charge in [0, 0.05) is 19.7 Å². The number of hydrogen-bond acceptors (Lipinski definition) is 4. The van der Waals surface area contributed by atoms with Crippen LogP contribution in [0, 0.1) is 11.7 Å². The van der Waals surface area contributed by atoms with Crippen molar-refractivity contribution in [2.45, 2.75) is 17.9 Å². The van der Waals surface area contributed by atoms with E-state index in [4.69, 9.17) is 4.74 Å². The smallest absolute Gasteiger partial charge is 0.243 e. The van der Waals surface area contributed by atoms with Gasteiger partial charge in [0.2, 0.25) is 10.0 Å². The molecular weight excluding hydrogens is 283 g/mol. The zero-order chi connectivity index (χ0) is 14.6. The van der Waals surface area contributed by atoms with Gasteiger partial charge in [-0.25, -0.2) is 17.5 Å². The summed E-state index contributed by atoms with van der Waals surface area (Å²) in [6.07, 6.45) is 0.824. The number of rotatable bonds is 6. The molecule has 2 rings (SSSR count). The number of sulfonamides is 1. The van der Waals surface area contributed by atoms with Crippen LogP contribution in [-0.4, -0.2) is 35.2 Å². The third-order valence-corrected chi connectivity index (χ3v) is 4.69. The highest BCUT2D eigenvalue weighted by Crippen LogP contribution is 2.18. The van der Waals surface area contributed by atoms with Crippen molar-refractivity contribution in [3.63, 3.8) is 0 Å². The van der Waals surface area contributed by atoms with Gasteiger partial charge in [0.15, 0.2) is 0 Å². The Hall–Kier alpha value is -1.02. The van der Waals surface area contributed by atoms with E-state index in [2.05, 4.69) is 10.0 Å². The molecule has 1 fully saturated rings. The fourth-order valence-corrected chi connectivity index (χ4v) is 3.36. The summed E-state index contributed by atoms with van der Waals surface area (Å²) in [7, 11) is -2.08. The van der Waals surface area contributed by atoms with Crippen LogP contribution in [0.5, 0.6) is 0 Å². The Morgan fingerprint density at radius 1 is 1.45 bits per heavy atom. The van der Waals surface area contributed by atoms with E-state index in [1.807, 2.05) is 0 Å². The molecule has 5 nitrogen and oxygen atoms in total. The van der Waals surface area contributed by atoms with E-state index in [1.54, 1.807) is 13.1 Å². The molecule has 1 unspecified atom stereocenters. The van der Waals surface area contributed by atoms with Gasteiger partial charge in [-0.3, -0.25) is 0 Å². The monoisotopic (exact) mass is 302 g/mol. The maximum atomic E-state index is 13.7. The van der Waals surface area contributed by atoms with Crippen LogP contribution in [0.2, 0.25) is 0 Å². The van der Waals surface area contributed by atoms with Crippen LogP contribution in [0.4, 0.5) is 4.39 Å². The van der Waals surface area contributed by atoms with E-state index in [0.29, 0.717) is 19.8 Å². The number of hydrogen-bond donors (Lipinski definition) is 2. The number of benzene rings is 1. The van der Waals surface area contributed by atoms with Crippen LogP contribution in [0.25, 0.3) is 0 Å². The minimum absolute atomic E-state index is 0.160. The molecule has 0 spiro atoms. The number of ether oxygens (including phenoxy) is 1. The predicted octanol–water partition coefficient (Wildman–Crippen LogP) is 0.860. The number of nitrogens with one attached hydrogen (secondary N) is 2. The Balaban J connectivity index is 2.12. The Labute approximate surface area is 118 Å². The highest BCUT2D eigenvalue weighted by atomic mass is 32.2. The lowest BCUT2D eigenvalue weighted by atomic mass is 10.1. The van der Waals surface area contributed by atoms with Crippen LogP contribution in [0.3, 0.4) is 0 Å². The lowest BCUT2D eigenvalue weighted by Crippen LogP contribution is -2.30. The highest BCUT2D eigenvalue weighted by molar-refractivity contribution is 7.89. The van der Waals surface area contributed by atoms with Gasteiger partial charge in [-0.2, -0.15) is 0 Å². The molecule has 0 aromatic heterocycles. The molecular formula is C13H19FN2O3S. The average molecular weight is 302 g/mol. The molecule has 20 heavy (non-hydrogen) atoms. The van der Waals surface area contributed by atoms with E-state index < -0.39 is 15.8 Å². The van der Waals surface area contributed by atoms with Crippen molar-refractivity contribution in [2.75, 3.05) is 26.8 Å². The lowest BCUT2D eigenvalue weighted by Gasteiger charge is -2.12. The standard InChI is InChI=1S/C13H19FN2O3S/c1-15-7-10-2-3-12(14)13(6-10)20(17,18)16-8-11-4-5-19-9-11/h2-3,6,11,15-16H,4-5,7-9H2,1H3. The Morgan fingerprint density at radius 3 is 2.90 bits per heavy atom. The summed E-state index contributed by atoms with van der Waals surface area (Å²) < 4.78 is 45.7. The molecule has 1 aliphatic rings. The maximum Gasteiger partial charge on any atom is 0.243 e. The third kappa shape index (κ3) is 3.76. The van der Waals surface area contributed by atoms with Gasteiger partial charge in [-0.05, 0) is 37.1 Å². The predicted molar refractivity (Wildman–Crippen MR) is 73.3 cm³/mol. The largest absolute Gasteiger partial charge is 0.381 e. The molecule has 2 N–H and O–H groups in total. The topological polar surface area (TPSA) is 67.4 Å². The summed E-state index contributed by atoms with van der Waals surface area (Å²) in [5.74, 6) is -0.576. The van der Waals surface area contributed by atoms with Crippen LogP contribution < -0.4 is 10.0 Å². The molecule has 1 heterocycles. The summed E-state index contributed by atoms with van der Waals surface area (Å²) in [5.41, 5.74) is 0.721. The Kier molecular flexibility index (Phi) is 5.09. The molecule has 112 valence electrons. The molecule has 1 aromatic carbocycles. The van der Waals surface area contributed by atoms with Crippen molar-refractivity contribution in [1.82, 2.24) is 10.0 Å². The van der Waals surface area contributed by atoms with Gasteiger partial charge < -0.3 is 10.1 Å². The van der Waals surface area contributed by atoms with Gasteiger partial charge in [0.05, 0.1) is 6.61 Å². The van der Waals surface area contributed by atoms with Crippen LogP contribution in [-0.2, 0) is 21.3 Å². The van der Waals surface area contributed by atoms with E-state index in [9.17, 15) is 12.8 Å². The summed E-state index contributed by atoms with van der Waals surface area (Å²) in [5, 5.41) is 2.90. The van der Waals surface area contributed by atoms with E-state index in [-0.39, 0.29) is 17.4 Å². The molecule has 7 heteroatoms. The van der Waals surface area contributed by atoms with Gasteiger partial charge in [-0.15, -0.1) is 0 Å². The summed E-state index contributed by atoms with van der Waals surface area (Å²) in [6.45, 7) is 1.96. The molecule has 0 aliphatic carbocycles. The van der Waals surface area contributed by atoms with Gasteiger partial charge in [0.25, 0.3) is 0 Å². The molecule has 1 atom stereocenters. The van der Waals surface area contributed by atoms with Gasteiger partial charge >= 0.3 is 0 Å². The van der Waals surface area contributed by atoms with Gasteiger partial charge in [0.1, 0.15) is 10.7 Å². The van der Waals surface area contributed by atoms with E-state index in [1.165, 1.54) is 12.1 Å². The second-order valence-corrected chi connectivity index (χ2v) is 6.61. The van der Waals surface area contributed by atoms with Gasteiger partial charge in [-0.1, -0.05) is 6.07 Å². The first-order valence-electron chi connectivity index (χ1n) is 6.53. The molecule has 0 amide bonds. The fraction of sp³-hybridized carbons (Fsp3) is 0.538. The second kappa shape index (κ2) is 6.62. The van der Waals surface area contributed by atoms with Crippen molar-refractivity contribution in [1.29, 1.82) is 0 Å². The van der Waals surface area contributed by atoms with E-state index in [0.717, 1.165) is 12.0 Å². The normalized spacial score (nSPS) is 19.4. The van der Waals surface area contributed by atoms with Crippen LogP contribution in [0.15, 0.2) is 23.1 Å².